The molecule has 142 valence electrons. The fraction of sp³-hybridized carbons (Fsp3) is 0.786. The third kappa shape index (κ3) is 3.27. The second kappa shape index (κ2) is 7.39. The summed E-state index contributed by atoms with van der Waals surface area (Å²) in [4.78, 5) is 2.87. The summed E-state index contributed by atoms with van der Waals surface area (Å²) in [6.45, 7) is -0.487. The van der Waals surface area contributed by atoms with Gasteiger partial charge >= 0.3 is 0 Å². The lowest BCUT2D eigenvalue weighted by molar-refractivity contribution is -0.272. The van der Waals surface area contributed by atoms with Gasteiger partial charge in [0.2, 0.25) is 0 Å². The van der Waals surface area contributed by atoms with Crippen LogP contribution in [0.2, 0.25) is 0 Å². The highest BCUT2D eigenvalue weighted by molar-refractivity contribution is 7.71. The maximum absolute atomic E-state index is 10.5. The smallest absolute Gasteiger partial charge is 0.181 e. The molecule has 2 fully saturated rings. The zero-order chi connectivity index (χ0) is 18.3. The van der Waals surface area contributed by atoms with Crippen LogP contribution >= 0.6 is 12.2 Å². The molecule has 6 N–H and O–H groups in total. The zero-order valence-corrected chi connectivity index (χ0v) is 14.2. The van der Waals surface area contributed by atoms with Crippen LogP contribution in [0, 0.1) is 4.77 Å². The van der Waals surface area contributed by atoms with Crippen LogP contribution in [0.25, 0.3) is 0 Å². The normalized spacial score (nSPS) is 42.0. The van der Waals surface area contributed by atoms with Gasteiger partial charge in [-0.05, 0) is 12.2 Å². The van der Waals surface area contributed by atoms with E-state index in [-0.39, 0.29) is 11.4 Å². The third-order valence-corrected chi connectivity index (χ3v) is 4.94. The molecule has 3 rings (SSSR count). The average molecular weight is 378 g/mol. The van der Waals surface area contributed by atoms with Crippen molar-refractivity contribution in [2.45, 2.75) is 49.0 Å². The molecule has 10 nitrogen and oxygen atoms in total. The monoisotopic (exact) mass is 378 g/mol. The van der Waals surface area contributed by atoms with Gasteiger partial charge in [0, 0.05) is 13.3 Å². The number of nitrogens with one attached hydrogen (secondary N) is 1. The highest BCUT2D eigenvalue weighted by Crippen LogP contribution is 2.34. The summed E-state index contributed by atoms with van der Waals surface area (Å²) in [7, 11) is 1.37. The first-order valence-electron chi connectivity index (χ1n) is 7.83. The second-order valence-corrected chi connectivity index (χ2v) is 6.55. The van der Waals surface area contributed by atoms with Gasteiger partial charge in [0.05, 0.1) is 18.9 Å². The van der Waals surface area contributed by atoms with E-state index in [1.165, 1.54) is 17.9 Å². The van der Waals surface area contributed by atoms with Crippen molar-refractivity contribution >= 4 is 12.2 Å². The van der Waals surface area contributed by atoms with Gasteiger partial charge in [-0.2, -0.15) is 0 Å². The van der Waals surface area contributed by atoms with Crippen molar-refractivity contribution < 1.29 is 39.7 Å². The first-order chi connectivity index (χ1) is 11.9. The lowest BCUT2D eigenvalue weighted by Gasteiger charge is -2.41. The number of aliphatic hydroxyl groups is 5. The molecule has 0 aliphatic carbocycles. The van der Waals surface area contributed by atoms with Gasteiger partial charge in [-0.3, -0.25) is 0 Å². The maximum Gasteiger partial charge on any atom is 0.181 e. The van der Waals surface area contributed by atoms with Crippen LogP contribution in [-0.2, 0) is 14.2 Å². The largest absolute Gasteiger partial charge is 0.394 e. The molecule has 2 aliphatic heterocycles. The number of imidazole rings is 1. The van der Waals surface area contributed by atoms with Crippen molar-refractivity contribution in [3.8, 4) is 0 Å². The Morgan fingerprint density at radius 3 is 2.56 bits per heavy atom. The van der Waals surface area contributed by atoms with Crippen molar-refractivity contribution in [3.63, 3.8) is 0 Å². The molecule has 3 heterocycles. The van der Waals surface area contributed by atoms with Gasteiger partial charge in [-0.1, -0.05) is 0 Å². The number of nitrogens with zero attached hydrogens (tertiary/aromatic N) is 1. The summed E-state index contributed by atoms with van der Waals surface area (Å²) in [6, 6.07) is -0.885. The fourth-order valence-corrected chi connectivity index (χ4v) is 3.52. The van der Waals surface area contributed by atoms with Gasteiger partial charge in [-0.25, -0.2) is 0 Å². The highest BCUT2D eigenvalue weighted by Gasteiger charge is 2.46. The summed E-state index contributed by atoms with van der Waals surface area (Å²) >= 11 is 5.26. The Morgan fingerprint density at radius 1 is 1.28 bits per heavy atom. The van der Waals surface area contributed by atoms with Gasteiger partial charge in [-0.15, -0.1) is 0 Å². The van der Waals surface area contributed by atoms with E-state index in [9.17, 15) is 25.5 Å². The number of hydrogen-bond acceptors (Lipinski definition) is 9. The predicted molar refractivity (Wildman–Crippen MR) is 84.1 cm³/mol. The molecule has 0 bridgehead atoms. The van der Waals surface area contributed by atoms with Gasteiger partial charge < -0.3 is 49.3 Å². The van der Waals surface area contributed by atoms with Crippen LogP contribution in [0.4, 0.5) is 0 Å². The van der Waals surface area contributed by atoms with Gasteiger partial charge in [0.15, 0.2) is 11.1 Å². The SMILES string of the molecule is CO[C@H]1O[C@H](CO)[C@@H](O)[C@H](O)[C@H]1n1cc([C@H]2OC[C@@H](O)[C@H]2O)[nH]c1=S. The third-order valence-electron chi connectivity index (χ3n) is 4.62. The van der Waals surface area contributed by atoms with E-state index < -0.39 is 55.6 Å². The number of H-pyrrole nitrogens is 1. The number of methoxy groups -OCH3 is 1. The molecular formula is C14H22N2O8S. The van der Waals surface area contributed by atoms with Crippen molar-refractivity contribution in [2.24, 2.45) is 0 Å². The van der Waals surface area contributed by atoms with E-state index in [0.29, 0.717) is 5.69 Å². The lowest BCUT2D eigenvalue weighted by Crippen LogP contribution is -2.56. The minimum absolute atomic E-state index is 0.00955. The van der Waals surface area contributed by atoms with Crippen LogP contribution in [-0.4, -0.2) is 92.2 Å². The predicted octanol–water partition coefficient (Wildman–Crippen LogP) is -2.03. The summed E-state index contributed by atoms with van der Waals surface area (Å²) in [5, 5.41) is 49.4. The van der Waals surface area contributed by atoms with Crippen LogP contribution in [0.5, 0.6) is 0 Å². The standard InChI is InChI=1S/C14H22N2O8S/c1-22-13-8(11(21)10(20)7(3-17)24-13)16-2-5(15-14(16)25)12-9(19)6(18)4-23-12/h2,6-13,17-21H,3-4H2,1H3,(H,15,25)/t6-,7-,8-,9-,10-,11-,12-,13+/m1/s1. The zero-order valence-electron chi connectivity index (χ0n) is 13.4. The van der Waals surface area contributed by atoms with Crippen LogP contribution in [0.15, 0.2) is 6.20 Å². The summed E-state index contributed by atoms with van der Waals surface area (Å²) < 4.78 is 17.7. The van der Waals surface area contributed by atoms with Crippen LogP contribution in [0.3, 0.4) is 0 Å². The van der Waals surface area contributed by atoms with Gasteiger partial charge in [0.25, 0.3) is 0 Å². The molecule has 0 amide bonds. The van der Waals surface area contributed by atoms with Gasteiger partial charge in [0.1, 0.15) is 42.7 Å². The molecule has 1 aromatic rings. The lowest BCUT2D eigenvalue weighted by atomic mass is 9.97. The molecule has 0 spiro atoms. The molecule has 0 aromatic carbocycles. The Hall–Kier alpha value is -0.890. The number of hydrogen-bond donors (Lipinski definition) is 6. The molecule has 11 heteroatoms. The Kier molecular flexibility index (Phi) is 5.58. The van der Waals surface area contributed by atoms with E-state index >= 15 is 0 Å². The van der Waals surface area contributed by atoms with E-state index in [0.717, 1.165) is 0 Å². The first-order valence-corrected chi connectivity index (χ1v) is 8.23. The molecule has 25 heavy (non-hydrogen) atoms. The number of ether oxygens (including phenoxy) is 3. The van der Waals surface area contributed by atoms with Crippen molar-refractivity contribution in [3.05, 3.63) is 16.7 Å². The Balaban J connectivity index is 1.91. The fourth-order valence-electron chi connectivity index (χ4n) is 3.23. The van der Waals surface area contributed by atoms with Crippen molar-refractivity contribution in [2.75, 3.05) is 20.3 Å². The summed E-state index contributed by atoms with van der Waals surface area (Å²) in [5.41, 5.74) is 0.412. The molecule has 2 aliphatic rings. The van der Waals surface area contributed by atoms with Crippen LogP contribution < -0.4 is 0 Å². The summed E-state index contributed by atoms with van der Waals surface area (Å²) in [6.07, 6.45) is -6.00. The Labute approximate surface area is 148 Å². The van der Waals surface area contributed by atoms with Crippen molar-refractivity contribution in [1.29, 1.82) is 0 Å². The molecule has 0 saturated carbocycles. The highest BCUT2D eigenvalue weighted by atomic mass is 32.1. The minimum Gasteiger partial charge on any atom is -0.394 e. The number of rotatable bonds is 4. The molecule has 0 unspecified atom stereocenters. The van der Waals surface area contributed by atoms with Crippen LogP contribution in [0.1, 0.15) is 17.8 Å². The average Bonchev–Trinajstić information content (AvgIpc) is 3.13. The maximum atomic E-state index is 10.5. The minimum atomic E-state index is -1.34. The second-order valence-electron chi connectivity index (χ2n) is 6.17. The summed E-state index contributed by atoms with van der Waals surface area (Å²) in [5.74, 6) is 0. The topological polar surface area (TPSA) is 150 Å². The van der Waals surface area contributed by atoms with E-state index in [1.54, 1.807) is 0 Å². The number of aliphatic hydroxyl groups excluding tert-OH is 5. The molecule has 2 saturated heterocycles. The molecule has 1 aromatic heterocycles. The van der Waals surface area contributed by atoms with E-state index in [1.807, 2.05) is 0 Å². The Bertz CT molecular complexity index is 649. The molecule has 0 radical (unpaired) electrons. The molecule has 8 atom stereocenters. The number of aromatic amines is 1. The van der Waals surface area contributed by atoms with E-state index in [4.69, 9.17) is 26.4 Å². The molecular weight excluding hydrogens is 356 g/mol. The Morgan fingerprint density at radius 2 is 2.00 bits per heavy atom. The quantitative estimate of drug-likeness (QED) is 0.326. The van der Waals surface area contributed by atoms with E-state index in [2.05, 4.69) is 4.98 Å². The number of aromatic nitrogens is 2. The first kappa shape index (κ1) is 18.9. The van der Waals surface area contributed by atoms with Crippen molar-refractivity contribution in [1.82, 2.24) is 9.55 Å².